The number of benzene rings is 1. The highest BCUT2D eigenvalue weighted by atomic mass is 32.1. The molecule has 1 heterocycles. The largest absolute Gasteiger partial charge is 0.451 e. The highest BCUT2D eigenvalue weighted by molar-refractivity contribution is 7.13. The molecule has 136 valence electrons. The number of ether oxygens (including phenoxy) is 1. The number of nitriles is 1. The number of nitrogens with one attached hydrogen (secondary N) is 2. The van der Waals surface area contributed by atoms with E-state index in [1.54, 1.807) is 29.6 Å². The molecular weight excluding hydrogens is 352 g/mol. The van der Waals surface area contributed by atoms with Gasteiger partial charge < -0.3 is 15.4 Å². The second-order valence-corrected chi connectivity index (χ2v) is 6.82. The Hall–Kier alpha value is -2.92. The SMILES string of the molecule is CC(C)CCNc1nc(C(=O)OCC(=O)Nc2ccc(C#N)cc2)cs1. The van der Waals surface area contributed by atoms with E-state index in [2.05, 4.69) is 29.5 Å². The fourth-order valence-corrected chi connectivity index (χ4v) is 2.66. The van der Waals surface area contributed by atoms with Gasteiger partial charge in [0.2, 0.25) is 0 Å². The minimum Gasteiger partial charge on any atom is -0.451 e. The first-order valence-electron chi connectivity index (χ1n) is 8.14. The second-order valence-electron chi connectivity index (χ2n) is 5.96. The number of rotatable bonds is 8. The zero-order valence-corrected chi connectivity index (χ0v) is 15.4. The lowest BCUT2D eigenvalue weighted by Crippen LogP contribution is -2.21. The zero-order chi connectivity index (χ0) is 18.9. The maximum atomic E-state index is 12.0. The molecular formula is C18H20N4O3S. The van der Waals surface area contributed by atoms with Crippen molar-refractivity contribution in [1.29, 1.82) is 5.26 Å². The minimum absolute atomic E-state index is 0.174. The lowest BCUT2D eigenvalue weighted by molar-refractivity contribution is -0.119. The molecule has 0 bridgehead atoms. The smallest absolute Gasteiger partial charge is 0.358 e. The lowest BCUT2D eigenvalue weighted by atomic mass is 10.1. The third-order valence-electron chi connectivity index (χ3n) is 3.34. The Morgan fingerprint density at radius 1 is 1.31 bits per heavy atom. The van der Waals surface area contributed by atoms with Crippen LogP contribution in [-0.4, -0.2) is 30.0 Å². The van der Waals surface area contributed by atoms with Crippen molar-refractivity contribution < 1.29 is 14.3 Å². The van der Waals surface area contributed by atoms with Gasteiger partial charge in [-0.1, -0.05) is 13.8 Å². The summed E-state index contributed by atoms with van der Waals surface area (Å²) in [6, 6.07) is 8.38. The Kier molecular flexibility index (Phi) is 7.12. The van der Waals surface area contributed by atoms with Crippen LogP contribution in [0.5, 0.6) is 0 Å². The Morgan fingerprint density at radius 3 is 2.69 bits per heavy atom. The van der Waals surface area contributed by atoms with Gasteiger partial charge in [0.15, 0.2) is 17.4 Å². The summed E-state index contributed by atoms with van der Waals surface area (Å²) < 4.78 is 4.98. The molecule has 26 heavy (non-hydrogen) atoms. The summed E-state index contributed by atoms with van der Waals surface area (Å²) in [5.41, 5.74) is 1.19. The van der Waals surface area contributed by atoms with Crippen LogP contribution in [0.25, 0.3) is 0 Å². The quantitative estimate of drug-likeness (QED) is 0.689. The second kappa shape index (κ2) is 9.53. The molecule has 0 aliphatic heterocycles. The van der Waals surface area contributed by atoms with Crippen LogP contribution in [0.3, 0.4) is 0 Å². The molecule has 0 radical (unpaired) electrons. The molecule has 0 aliphatic rings. The average Bonchev–Trinajstić information content (AvgIpc) is 3.09. The van der Waals surface area contributed by atoms with E-state index in [4.69, 9.17) is 10.00 Å². The number of anilines is 2. The van der Waals surface area contributed by atoms with Gasteiger partial charge in [0.05, 0.1) is 11.6 Å². The molecule has 0 aliphatic carbocycles. The summed E-state index contributed by atoms with van der Waals surface area (Å²) in [5.74, 6) is -0.525. The molecule has 7 nitrogen and oxygen atoms in total. The van der Waals surface area contributed by atoms with E-state index in [0.29, 0.717) is 22.3 Å². The predicted octanol–water partition coefficient (Wildman–Crippen LogP) is 3.27. The third kappa shape index (κ3) is 6.18. The monoisotopic (exact) mass is 372 g/mol. The van der Waals surface area contributed by atoms with Gasteiger partial charge in [-0.15, -0.1) is 11.3 Å². The van der Waals surface area contributed by atoms with E-state index >= 15 is 0 Å². The van der Waals surface area contributed by atoms with Crippen LogP contribution < -0.4 is 10.6 Å². The van der Waals surface area contributed by atoms with Crippen LogP contribution in [0.4, 0.5) is 10.8 Å². The van der Waals surface area contributed by atoms with Crippen molar-refractivity contribution in [2.45, 2.75) is 20.3 Å². The van der Waals surface area contributed by atoms with Gasteiger partial charge in [0.25, 0.3) is 5.91 Å². The van der Waals surface area contributed by atoms with E-state index in [0.717, 1.165) is 13.0 Å². The number of carbonyl (C=O) groups excluding carboxylic acids is 2. The molecule has 0 fully saturated rings. The average molecular weight is 372 g/mol. The highest BCUT2D eigenvalue weighted by Gasteiger charge is 2.14. The highest BCUT2D eigenvalue weighted by Crippen LogP contribution is 2.16. The van der Waals surface area contributed by atoms with E-state index in [9.17, 15) is 9.59 Å². The molecule has 2 N–H and O–H groups in total. The summed E-state index contributed by atoms with van der Waals surface area (Å²) >= 11 is 1.32. The van der Waals surface area contributed by atoms with E-state index < -0.39 is 18.5 Å². The molecule has 0 atom stereocenters. The van der Waals surface area contributed by atoms with Gasteiger partial charge >= 0.3 is 5.97 Å². The topological polar surface area (TPSA) is 104 Å². The molecule has 0 saturated heterocycles. The lowest BCUT2D eigenvalue weighted by Gasteiger charge is -2.06. The van der Waals surface area contributed by atoms with Crippen LogP contribution in [0.2, 0.25) is 0 Å². The molecule has 0 spiro atoms. The summed E-state index contributed by atoms with van der Waals surface area (Å²) in [4.78, 5) is 27.9. The normalized spacial score (nSPS) is 10.2. The number of aromatic nitrogens is 1. The Morgan fingerprint density at radius 2 is 2.04 bits per heavy atom. The van der Waals surface area contributed by atoms with Crippen molar-refractivity contribution in [2.24, 2.45) is 5.92 Å². The molecule has 1 aromatic carbocycles. The van der Waals surface area contributed by atoms with Crippen molar-refractivity contribution in [3.63, 3.8) is 0 Å². The minimum atomic E-state index is -0.645. The van der Waals surface area contributed by atoms with Gasteiger partial charge in [-0.3, -0.25) is 4.79 Å². The molecule has 2 rings (SSSR count). The molecule has 0 unspecified atom stereocenters. The van der Waals surface area contributed by atoms with Crippen molar-refractivity contribution in [3.05, 3.63) is 40.9 Å². The first kappa shape index (κ1) is 19.4. The summed E-state index contributed by atoms with van der Waals surface area (Å²) in [6.07, 6.45) is 1.01. The number of hydrogen-bond acceptors (Lipinski definition) is 7. The first-order chi connectivity index (χ1) is 12.5. The summed E-state index contributed by atoms with van der Waals surface area (Å²) in [5, 5.41) is 16.7. The molecule has 8 heteroatoms. The number of hydrogen-bond donors (Lipinski definition) is 2. The maximum Gasteiger partial charge on any atom is 0.358 e. The van der Waals surface area contributed by atoms with E-state index in [1.807, 2.05) is 6.07 Å². The van der Waals surface area contributed by atoms with Crippen LogP contribution in [-0.2, 0) is 9.53 Å². The zero-order valence-electron chi connectivity index (χ0n) is 14.6. The van der Waals surface area contributed by atoms with Gasteiger partial charge in [0, 0.05) is 17.6 Å². The van der Waals surface area contributed by atoms with Gasteiger partial charge in [-0.05, 0) is 36.6 Å². The van der Waals surface area contributed by atoms with Crippen molar-refractivity contribution in [2.75, 3.05) is 23.8 Å². The van der Waals surface area contributed by atoms with Crippen molar-refractivity contribution in [1.82, 2.24) is 4.98 Å². The third-order valence-corrected chi connectivity index (χ3v) is 4.14. The molecule has 2 aromatic rings. The maximum absolute atomic E-state index is 12.0. The first-order valence-corrected chi connectivity index (χ1v) is 9.02. The number of nitrogens with zero attached hydrogens (tertiary/aromatic N) is 2. The standard InChI is InChI=1S/C18H20N4O3S/c1-12(2)7-8-20-18-22-15(11-26-18)17(24)25-10-16(23)21-14-5-3-13(9-19)4-6-14/h3-6,11-12H,7-8,10H2,1-2H3,(H,20,22)(H,21,23). The van der Waals surface area contributed by atoms with Gasteiger partial charge in [-0.25, -0.2) is 9.78 Å². The Labute approximate surface area is 156 Å². The predicted molar refractivity (Wildman–Crippen MR) is 100 cm³/mol. The van der Waals surface area contributed by atoms with Crippen LogP contribution in [0, 0.1) is 17.2 Å². The number of thiazole rings is 1. The summed E-state index contributed by atoms with van der Waals surface area (Å²) in [6.45, 7) is 4.64. The fourth-order valence-electron chi connectivity index (χ4n) is 1.95. The number of esters is 1. The van der Waals surface area contributed by atoms with Gasteiger partial charge in [-0.2, -0.15) is 5.26 Å². The molecule has 1 aromatic heterocycles. The van der Waals surface area contributed by atoms with E-state index in [-0.39, 0.29) is 5.69 Å². The van der Waals surface area contributed by atoms with Crippen molar-refractivity contribution >= 4 is 34.0 Å². The molecule has 1 amide bonds. The Balaban J connectivity index is 1.77. The van der Waals surface area contributed by atoms with Crippen LogP contribution in [0.15, 0.2) is 29.6 Å². The fraction of sp³-hybridized carbons (Fsp3) is 0.333. The number of amides is 1. The summed E-state index contributed by atoms with van der Waals surface area (Å²) in [7, 11) is 0. The van der Waals surface area contributed by atoms with E-state index in [1.165, 1.54) is 11.3 Å². The van der Waals surface area contributed by atoms with Gasteiger partial charge in [0.1, 0.15) is 0 Å². The van der Waals surface area contributed by atoms with Crippen molar-refractivity contribution in [3.8, 4) is 6.07 Å². The van der Waals surface area contributed by atoms with Crippen LogP contribution >= 0.6 is 11.3 Å². The van der Waals surface area contributed by atoms with Crippen LogP contribution in [0.1, 0.15) is 36.3 Å². The molecule has 0 saturated carbocycles. The Bertz CT molecular complexity index is 794. The number of carbonyl (C=O) groups is 2.